The lowest BCUT2D eigenvalue weighted by Crippen LogP contribution is -2.36. The molecule has 0 fully saturated rings. The van der Waals surface area contributed by atoms with Crippen molar-refractivity contribution in [3.63, 3.8) is 0 Å². The highest BCUT2D eigenvalue weighted by molar-refractivity contribution is 7.99. The van der Waals surface area contributed by atoms with E-state index in [2.05, 4.69) is 20.8 Å². The van der Waals surface area contributed by atoms with Gasteiger partial charge in [-0.05, 0) is 42.6 Å². The van der Waals surface area contributed by atoms with Crippen molar-refractivity contribution in [3.8, 4) is 0 Å². The Bertz CT molecular complexity index is 1000. The SMILES string of the molecule is CCCn1c(SCC(=O)NC(N)=O)nc2sc3c(c2c1=O)CC[C@@H](C(C)(C)C)C3. The Labute approximate surface area is 178 Å². The monoisotopic (exact) mass is 436 g/mol. The molecule has 2 heterocycles. The van der Waals surface area contributed by atoms with E-state index in [0.717, 1.165) is 53.2 Å². The molecule has 0 saturated heterocycles. The van der Waals surface area contributed by atoms with Crippen molar-refractivity contribution in [1.82, 2.24) is 14.9 Å². The molecule has 0 saturated carbocycles. The fraction of sp³-hybridized carbons (Fsp3) is 0.600. The maximum absolute atomic E-state index is 13.3. The number of carbonyl (C=O) groups is 2. The Hall–Kier alpha value is -1.87. The molecule has 0 aromatic carbocycles. The molecule has 3 N–H and O–H groups in total. The number of aromatic nitrogens is 2. The summed E-state index contributed by atoms with van der Waals surface area (Å²) < 4.78 is 1.66. The van der Waals surface area contributed by atoms with Crippen LogP contribution in [0.15, 0.2) is 9.95 Å². The molecule has 0 spiro atoms. The number of nitrogens with one attached hydrogen (secondary N) is 1. The first kappa shape index (κ1) is 21.8. The Balaban J connectivity index is 1.99. The molecule has 29 heavy (non-hydrogen) atoms. The topological polar surface area (TPSA) is 107 Å². The fourth-order valence-electron chi connectivity index (χ4n) is 3.81. The quantitative estimate of drug-likeness (QED) is 0.552. The first-order valence-corrected chi connectivity index (χ1v) is 11.7. The van der Waals surface area contributed by atoms with Gasteiger partial charge in [-0.15, -0.1) is 11.3 Å². The molecular formula is C20H28N4O3S2. The summed E-state index contributed by atoms with van der Waals surface area (Å²) in [5.41, 5.74) is 6.36. The van der Waals surface area contributed by atoms with E-state index < -0.39 is 11.9 Å². The molecule has 2 aromatic heterocycles. The molecule has 9 heteroatoms. The van der Waals surface area contributed by atoms with Gasteiger partial charge in [0.25, 0.3) is 5.56 Å². The molecular weight excluding hydrogens is 408 g/mol. The van der Waals surface area contributed by atoms with Crippen LogP contribution in [-0.2, 0) is 24.2 Å². The number of urea groups is 1. The van der Waals surface area contributed by atoms with Gasteiger partial charge in [0.15, 0.2) is 5.16 Å². The number of fused-ring (bicyclic) bond motifs is 3. The van der Waals surface area contributed by atoms with Crippen molar-refractivity contribution < 1.29 is 9.59 Å². The van der Waals surface area contributed by atoms with Gasteiger partial charge in [0.05, 0.1) is 11.1 Å². The predicted octanol–water partition coefficient (Wildman–Crippen LogP) is 3.31. The van der Waals surface area contributed by atoms with Crippen LogP contribution < -0.4 is 16.6 Å². The zero-order valence-corrected chi connectivity index (χ0v) is 19.0. The zero-order valence-electron chi connectivity index (χ0n) is 17.3. The van der Waals surface area contributed by atoms with Gasteiger partial charge in [-0.3, -0.25) is 19.5 Å². The van der Waals surface area contributed by atoms with Gasteiger partial charge in [-0.2, -0.15) is 0 Å². The highest BCUT2D eigenvalue weighted by atomic mass is 32.2. The van der Waals surface area contributed by atoms with Crippen molar-refractivity contribution in [2.75, 3.05) is 5.75 Å². The second-order valence-electron chi connectivity index (χ2n) is 8.54. The number of imide groups is 1. The normalized spacial score (nSPS) is 16.6. The van der Waals surface area contributed by atoms with Crippen LogP contribution in [0.5, 0.6) is 0 Å². The number of carbonyl (C=O) groups excluding carboxylic acids is 2. The first-order chi connectivity index (χ1) is 13.6. The molecule has 0 unspecified atom stereocenters. The predicted molar refractivity (Wildman–Crippen MR) is 118 cm³/mol. The highest BCUT2D eigenvalue weighted by Gasteiger charge is 2.32. The molecule has 1 aliphatic carbocycles. The summed E-state index contributed by atoms with van der Waals surface area (Å²) in [6, 6.07) is -0.885. The van der Waals surface area contributed by atoms with E-state index in [1.54, 1.807) is 15.9 Å². The molecule has 3 rings (SSSR count). The maximum Gasteiger partial charge on any atom is 0.318 e. The minimum absolute atomic E-state index is 0.0260. The number of thiophene rings is 1. The van der Waals surface area contributed by atoms with E-state index >= 15 is 0 Å². The summed E-state index contributed by atoms with van der Waals surface area (Å²) >= 11 is 2.76. The number of aryl methyl sites for hydroxylation is 1. The molecule has 1 aliphatic rings. The van der Waals surface area contributed by atoms with Crippen molar-refractivity contribution in [1.29, 1.82) is 0 Å². The van der Waals surface area contributed by atoms with Crippen molar-refractivity contribution in [2.45, 2.75) is 65.1 Å². The number of rotatable bonds is 5. The average Bonchev–Trinajstić information content (AvgIpc) is 2.99. The molecule has 7 nitrogen and oxygen atoms in total. The van der Waals surface area contributed by atoms with E-state index in [9.17, 15) is 14.4 Å². The minimum atomic E-state index is -0.885. The van der Waals surface area contributed by atoms with Crippen LogP contribution >= 0.6 is 23.1 Å². The molecule has 0 aliphatic heterocycles. The molecule has 0 bridgehead atoms. The van der Waals surface area contributed by atoms with Crippen LogP contribution in [0.25, 0.3) is 10.2 Å². The molecule has 2 aromatic rings. The fourth-order valence-corrected chi connectivity index (χ4v) is 5.98. The smallest absolute Gasteiger partial charge is 0.318 e. The number of hydrogen-bond donors (Lipinski definition) is 2. The number of thioether (sulfide) groups is 1. The Morgan fingerprint density at radius 3 is 2.72 bits per heavy atom. The number of hydrogen-bond acceptors (Lipinski definition) is 6. The van der Waals surface area contributed by atoms with Crippen LogP contribution in [0.3, 0.4) is 0 Å². The van der Waals surface area contributed by atoms with Crippen molar-refractivity contribution in [3.05, 3.63) is 20.8 Å². The molecule has 0 radical (unpaired) electrons. The third-order valence-corrected chi connectivity index (χ3v) is 7.53. The maximum atomic E-state index is 13.3. The Morgan fingerprint density at radius 1 is 1.38 bits per heavy atom. The second kappa shape index (κ2) is 8.47. The number of primary amides is 1. The van der Waals surface area contributed by atoms with Gasteiger partial charge in [0, 0.05) is 11.4 Å². The Kier molecular flexibility index (Phi) is 6.38. The van der Waals surface area contributed by atoms with Gasteiger partial charge in [-0.1, -0.05) is 39.5 Å². The third-order valence-electron chi connectivity index (χ3n) is 5.40. The second-order valence-corrected chi connectivity index (χ2v) is 10.6. The van der Waals surface area contributed by atoms with E-state index in [1.165, 1.54) is 4.88 Å². The minimum Gasteiger partial charge on any atom is -0.351 e. The van der Waals surface area contributed by atoms with Gasteiger partial charge in [0.2, 0.25) is 5.91 Å². The van der Waals surface area contributed by atoms with Crippen LogP contribution in [-0.4, -0.2) is 27.2 Å². The van der Waals surface area contributed by atoms with Crippen LogP contribution in [0.1, 0.15) is 51.0 Å². The highest BCUT2D eigenvalue weighted by Crippen LogP contribution is 2.42. The lowest BCUT2D eigenvalue weighted by atomic mass is 9.72. The summed E-state index contributed by atoms with van der Waals surface area (Å²) in [5, 5.41) is 3.30. The van der Waals surface area contributed by atoms with Gasteiger partial charge in [0.1, 0.15) is 4.83 Å². The van der Waals surface area contributed by atoms with Crippen molar-refractivity contribution in [2.24, 2.45) is 17.1 Å². The number of nitrogens with zero attached hydrogens (tertiary/aromatic N) is 2. The van der Waals surface area contributed by atoms with E-state index in [0.29, 0.717) is 17.6 Å². The lowest BCUT2D eigenvalue weighted by molar-refractivity contribution is -0.117. The van der Waals surface area contributed by atoms with Gasteiger partial charge in [-0.25, -0.2) is 9.78 Å². The van der Waals surface area contributed by atoms with E-state index in [1.807, 2.05) is 12.2 Å². The summed E-state index contributed by atoms with van der Waals surface area (Å²) in [6.45, 7) is 9.36. The Morgan fingerprint density at radius 2 is 2.10 bits per heavy atom. The van der Waals surface area contributed by atoms with Gasteiger partial charge >= 0.3 is 6.03 Å². The molecule has 1 atom stereocenters. The zero-order chi connectivity index (χ0) is 21.3. The largest absolute Gasteiger partial charge is 0.351 e. The third kappa shape index (κ3) is 4.66. The van der Waals surface area contributed by atoms with Crippen LogP contribution in [0.2, 0.25) is 0 Å². The lowest BCUT2D eigenvalue weighted by Gasteiger charge is -2.33. The average molecular weight is 437 g/mol. The van der Waals surface area contributed by atoms with E-state index in [4.69, 9.17) is 10.7 Å². The standard InChI is InChI=1S/C20H28N4O3S2/c1-5-8-24-17(26)15-12-7-6-11(20(2,3)4)9-13(12)29-16(15)23-19(24)28-10-14(25)22-18(21)27/h11H,5-10H2,1-4H3,(H3,21,22,25,27)/t11-/m1/s1. The summed E-state index contributed by atoms with van der Waals surface area (Å²) in [4.78, 5) is 42.7. The van der Waals surface area contributed by atoms with Gasteiger partial charge < -0.3 is 5.73 Å². The summed E-state index contributed by atoms with van der Waals surface area (Å²) in [7, 11) is 0. The summed E-state index contributed by atoms with van der Waals surface area (Å²) in [6.07, 6.45) is 3.76. The van der Waals surface area contributed by atoms with Crippen LogP contribution in [0, 0.1) is 11.3 Å². The van der Waals surface area contributed by atoms with E-state index in [-0.39, 0.29) is 16.7 Å². The van der Waals surface area contributed by atoms with Crippen molar-refractivity contribution >= 4 is 45.3 Å². The molecule has 3 amide bonds. The summed E-state index contributed by atoms with van der Waals surface area (Å²) in [5.74, 6) is 0.0626. The number of amides is 3. The van der Waals surface area contributed by atoms with Crippen LogP contribution in [0.4, 0.5) is 4.79 Å². The first-order valence-electron chi connectivity index (χ1n) is 9.89. The molecule has 158 valence electrons. The number of nitrogens with two attached hydrogens (primary N) is 1.